The van der Waals surface area contributed by atoms with Gasteiger partial charge in [0.25, 0.3) is 5.56 Å². The maximum atomic E-state index is 12.2. The first-order chi connectivity index (χ1) is 11.5. The Balaban J connectivity index is 1.64. The molecule has 1 unspecified atom stereocenters. The van der Waals surface area contributed by atoms with Crippen LogP contribution in [0.2, 0.25) is 0 Å². The van der Waals surface area contributed by atoms with Crippen LogP contribution in [0.4, 0.5) is 0 Å². The van der Waals surface area contributed by atoms with E-state index in [1.807, 2.05) is 35.7 Å². The molecular formula is C16H16BrN5O2. The Bertz CT molecular complexity index is 933. The number of rotatable bonds is 5. The van der Waals surface area contributed by atoms with Crippen molar-refractivity contribution in [2.24, 2.45) is 0 Å². The number of fused-ring (bicyclic) bond motifs is 1. The standard InChI is InChI=1S/C16H16BrN5O2/c1-11(16-20-19-13-4-2-3-8-22(13)16)18-14(23)7-9-21-10-12(17)5-6-15(21)24/h2-6,8,10-11H,7,9H2,1H3,(H,18,23). The van der Waals surface area contributed by atoms with Crippen molar-refractivity contribution in [3.63, 3.8) is 0 Å². The van der Waals surface area contributed by atoms with Gasteiger partial charge in [-0.05, 0) is 41.1 Å². The average Bonchev–Trinajstić information content (AvgIpc) is 3.00. The van der Waals surface area contributed by atoms with E-state index in [2.05, 4.69) is 31.4 Å². The average molecular weight is 390 g/mol. The second kappa shape index (κ2) is 6.96. The van der Waals surface area contributed by atoms with Crippen LogP contribution in [-0.4, -0.2) is 25.1 Å². The highest BCUT2D eigenvalue weighted by Crippen LogP contribution is 2.12. The summed E-state index contributed by atoms with van der Waals surface area (Å²) in [5.41, 5.74) is 0.594. The van der Waals surface area contributed by atoms with E-state index in [-0.39, 0.29) is 23.9 Å². The SMILES string of the molecule is CC(NC(=O)CCn1cc(Br)ccc1=O)c1nnc2ccccn12. The van der Waals surface area contributed by atoms with Crippen molar-refractivity contribution in [3.8, 4) is 0 Å². The Morgan fingerprint density at radius 2 is 2.12 bits per heavy atom. The van der Waals surface area contributed by atoms with Gasteiger partial charge in [0, 0.05) is 35.9 Å². The van der Waals surface area contributed by atoms with Gasteiger partial charge in [0.2, 0.25) is 5.91 Å². The minimum Gasteiger partial charge on any atom is -0.346 e. The summed E-state index contributed by atoms with van der Waals surface area (Å²) in [4.78, 5) is 23.9. The summed E-state index contributed by atoms with van der Waals surface area (Å²) in [6.45, 7) is 2.17. The molecule has 1 amide bonds. The third kappa shape index (κ3) is 3.53. The molecule has 0 fully saturated rings. The number of carbonyl (C=O) groups excluding carboxylic acids is 1. The van der Waals surface area contributed by atoms with Gasteiger partial charge in [-0.25, -0.2) is 0 Å². The molecule has 24 heavy (non-hydrogen) atoms. The van der Waals surface area contributed by atoms with Gasteiger partial charge in [0.1, 0.15) is 0 Å². The number of aryl methyl sites for hydroxylation is 1. The highest BCUT2D eigenvalue weighted by Gasteiger charge is 2.15. The summed E-state index contributed by atoms with van der Waals surface area (Å²) in [5, 5.41) is 11.1. The van der Waals surface area contributed by atoms with Gasteiger partial charge in [-0.1, -0.05) is 6.07 Å². The molecule has 8 heteroatoms. The lowest BCUT2D eigenvalue weighted by Crippen LogP contribution is -2.30. The lowest BCUT2D eigenvalue weighted by molar-refractivity contribution is -0.122. The quantitative estimate of drug-likeness (QED) is 0.722. The van der Waals surface area contributed by atoms with E-state index < -0.39 is 0 Å². The molecule has 1 N–H and O–H groups in total. The molecule has 0 bridgehead atoms. The number of hydrogen-bond acceptors (Lipinski definition) is 4. The Hall–Kier alpha value is -2.48. The highest BCUT2D eigenvalue weighted by atomic mass is 79.9. The van der Waals surface area contributed by atoms with Crippen LogP contribution in [0.15, 0.2) is 52.0 Å². The monoisotopic (exact) mass is 389 g/mol. The molecule has 0 aliphatic heterocycles. The fourth-order valence-electron chi connectivity index (χ4n) is 2.43. The van der Waals surface area contributed by atoms with Gasteiger partial charge in [-0.3, -0.25) is 14.0 Å². The molecule has 7 nitrogen and oxygen atoms in total. The van der Waals surface area contributed by atoms with E-state index in [9.17, 15) is 9.59 Å². The number of nitrogens with one attached hydrogen (secondary N) is 1. The van der Waals surface area contributed by atoms with Crippen molar-refractivity contribution in [2.45, 2.75) is 25.9 Å². The van der Waals surface area contributed by atoms with Crippen LogP contribution < -0.4 is 10.9 Å². The maximum Gasteiger partial charge on any atom is 0.250 e. The lowest BCUT2D eigenvalue weighted by Gasteiger charge is -2.13. The molecule has 0 radical (unpaired) electrons. The Labute approximate surface area is 146 Å². The van der Waals surface area contributed by atoms with E-state index in [1.54, 1.807) is 12.3 Å². The molecule has 1 atom stereocenters. The molecule has 3 rings (SSSR count). The first-order valence-corrected chi connectivity index (χ1v) is 8.29. The van der Waals surface area contributed by atoms with Crippen molar-refractivity contribution in [3.05, 3.63) is 63.4 Å². The zero-order valence-electron chi connectivity index (χ0n) is 13.0. The second-order valence-corrected chi connectivity index (χ2v) is 6.32. The van der Waals surface area contributed by atoms with E-state index in [4.69, 9.17) is 0 Å². The van der Waals surface area contributed by atoms with Gasteiger partial charge < -0.3 is 9.88 Å². The number of aromatic nitrogens is 4. The topological polar surface area (TPSA) is 81.3 Å². The number of halogens is 1. The fraction of sp³-hybridized carbons (Fsp3) is 0.250. The zero-order valence-corrected chi connectivity index (χ0v) is 14.6. The number of nitrogens with zero attached hydrogens (tertiary/aromatic N) is 4. The van der Waals surface area contributed by atoms with Crippen molar-refractivity contribution in [2.75, 3.05) is 0 Å². The molecular weight excluding hydrogens is 374 g/mol. The number of hydrogen-bond donors (Lipinski definition) is 1. The summed E-state index contributed by atoms with van der Waals surface area (Å²) in [6, 6.07) is 8.48. The largest absolute Gasteiger partial charge is 0.346 e. The third-order valence-corrected chi connectivity index (χ3v) is 4.10. The van der Waals surface area contributed by atoms with Crippen LogP contribution in [0.3, 0.4) is 0 Å². The van der Waals surface area contributed by atoms with Gasteiger partial charge in [0.15, 0.2) is 11.5 Å². The smallest absolute Gasteiger partial charge is 0.250 e. The van der Waals surface area contributed by atoms with Crippen molar-refractivity contribution in [1.82, 2.24) is 24.5 Å². The molecule has 0 spiro atoms. The van der Waals surface area contributed by atoms with E-state index in [0.717, 1.165) is 10.1 Å². The van der Waals surface area contributed by atoms with Gasteiger partial charge >= 0.3 is 0 Å². The highest BCUT2D eigenvalue weighted by molar-refractivity contribution is 9.10. The minimum absolute atomic E-state index is 0.137. The fourth-order valence-corrected chi connectivity index (χ4v) is 2.81. The second-order valence-electron chi connectivity index (χ2n) is 5.41. The first-order valence-electron chi connectivity index (χ1n) is 7.49. The van der Waals surface area contributed by atoms with Crippen LogP contribution >= 0.6 is 15.9 Å². The number of pyridine rings is 2. The molecule has 0 saturated carbocycles. The lowest BCUT2D eigenvalue weighted by atomic mass is 10.3. The molecule has 3 aromatic heterocycles. The summed E-state index contributed by atoms with van der Waals surface area (Å²) >= 11 is 3.31. The van der Waals surface area contributed by atoms with Gasteiger partial charge in [-0.15, -0.1) is 10.2 Å². The normalized spacial score (nSPS) is 12.2. The van der Waals surface area contributed by atoms with Crippen LogP contribution in [0.1, 0.15) is 25.2 Å². The molecule has 0 aliphatic carbocycles. The van der Waals surface area contributed by atoms with E-state index in [0.29, 0.717) is 12.4 Å². The summed E-state index contributed by atoms with van der Waals surface area (Å²) in [5.74, 6) is 0.514. The predicted molar refractivity (Wildman–Crippen MR) is 92.6 cm³/mol. The van der Waals surface area contributed by atoms with Crippen LogP contribution in [0, 0.1) is 0 Å². The Kier molecular flexibility index (Phi) is 4.75. The summed E-state index contributed by atoms with van der Waals surface area (Å²) in [6.07, 6.45) is 3.73. The minimum atomic E-state index is -0.283. The molecule has 3 heterocycles. The van der Waals surface area contributed by atoms with Crippen molar-refractivity contribution in [1.29, 1.82) is 0 Å². The van der Waals surface area contributed by atoms with E-state index in [1.165, 1.54) is 10.6 Å². The number of amides is 1. The molecule has 0 aromatic carbocycles. The Morgan fingerprint density at radius 3 is 2.96 bits per heavy atom. The first kappa shape index (κ1) is 16.4. The molecule has 3 aromatic rings. The third-order valence-electron chi connectivity index (χ3n) is 3.63. The van der Waals surface area contributed by atoms with E-state index >= 15 is 0 Å². The molecule has 0 aliphatic rings. The van der Waals surface area contributed by atoms with Gasteiger partial charge in [-0.2, -0.15) is 0 Å². The summed E-state index contributed by atoms with van der Waals surface area (Å²) < 4.78 is 4.13. The number of carbonyl (C=O) groups is 1. The van der Waals surface area contributed by atoms with Crippen molar-refractivity contribution >= 4 is 27.5 Å². The summed E-state index contributed by atoms with van der Waals surface area (Å²) in [7, 11) is 0. The molecule has 124 valence electrons. The van der Waals surface area contributed by atoms with Crippen molar-refractivity contribution < 1.29 is 4.79 Å². The van der Waals surface area contributed by atoms with Crippen LogP contribution in [0.25, 0.3) is 5.65 Å². The predicted octanol–water partition coefficient (Wildman–Crippen LogP) is 1.92. The van der Waals surface area contributed by atoms with Crippen LogP contribution in [-0.2, 0) is 11.3 Å². The van der Waals surface area contributed by atoms with Crippen LogP contribution in [0.5, 0.6) is 0 Å². The Morgan fingerprint density at radius 1 is 1.29 bits per heavy atom. The molecule has 0 saturated heterocycles. The van der Waals surface area contributed by atoms with Gasteiger partial charge in [0.05, 0.1) is 6.04 Å². The maximum absolute atomic E-state index is 12.2. The zero-order chi connectivity index (χ0) is 17.1.